The molecule has 1 aromatic heterocycles. The molecule has 2 aliphatic rings. The number of carbonyl (C=O) groups excluding carboxylic acids is 1. The van der Waals surface area contributed by atoms with Gasteiger partial charge in [0.15, 0.2) is 0 Å². The van der Waals surface area contributed by atoms with Gasteiger partial charge in [-0.15, -0.1) is 13.2 Å². The number of amides is 1. The fourth-order valence-electron chi connectivity index (χ4n) is 5.50. The molecular weight excluding hydrogens is 561 g/mol. The van der Waals surface area contributed by atoms with E-state index < -0.39 is 6.36 Å². The van der Waals surface area contributed by atoms with Crippen LogP contribution >= 0.6 is 15.9 Å². The van der Waals surface area contributed by atoms with Gasteiger partial charge in [-0.2, -0.15) is 0 Å². The Hall–Kier alpha value is -2.17. The summed E-state index contributed by atoms with van der Waals surface area (Å²) in [5, 5.41) is 3.36. The quantitative estimate of drug-likeness (QED) is 0.458. The molecule has 1 N–H and O–H groups in total. The number of piperazine rings is 1. The van der Waals surface area contributed by atoms with Crippen molar-refractivity contribution >= 4 is 21.8 Å². The Morgan fingerprint density at radius 1 is 1.11 bits per heavy atom. The number of hydrogen-bond acceptors (Lipinski definition) is 5. The van der Waals surface area contributed by atoms with E-state index in [1.165, 1.54) is 12.1 Å². The highest BCUT2D eigenvalue weighted by Crippen LogP contribution is 2.36. The van der Waals surface area contributed by atoms with E-state index in [0.29, 0.717) is 32.0 Å². The predicted octanol–water partition coefficient (Wildman–Crippen LogP) is 5.78. The van der Waals surface area contributed by atoms with Crippen molar-refractivity contribution in [1.82, 2.24) is 20.1 Å². The first-order chi connectivity index (χ1) is 17.9. The van der Waals surface area contributed by atoms with Crippen molar-refractivity contribution in [2.75, 3.05) is 32.7 Å². The van der Waals surface area contributed by atoms with Gasteiger partial charge in [0.25, 0.3) is 0 Å². The Morgan fingerprint density at radius 2 is 1.79 bits per heavy atom. The lowest BCUT2D eigenvalue weighted by Gasteiger charge is -2.49. The van der Waals surface area contributed by atoms with Crippen LogP contribution in [0.2, 0.25) is 0 Å². The van der Waals surface area contributed by atoms with Crippen LogP contribution in [-0.4, -0.2) is 65.8 Å². The molecule has 1 aromatic carbocycles. The van der Waals surface area contributed by atoms with Gasteiger partial charge in [0, 0.05) is 42.8 Å². The molecule has 10 heteroatoms. The second-order valence-electron chi connectivity index (χ2n) is 11.3. The van der Waals surface area contributed by atoms with E-state index in [1.807, 2.05) is 12.1 Å². The number of alkyl halides is 3. The molecule has 2 fully saturated rings. The Labute approximate surface area is 231 Å². The molecule has 2 aromatic rings. The van der Waals surface area contributed by atoms with Crippen molar-refractivity contribution in [3.8, 4) is 5.75 Å². The number of ether oxygens (including phenoxy) is 1. The lowest BCUT2D eigenvalue weighted by molar-refractivity contribution is -0.274. The summed E-state index contributed by atoms with van der Waals surface area (Å²) in [4.78, 5) is 22.5. The second kappa shape index (κ2) is 11.9. The van der Waals surface area contributed by atoms with E-state index in [4.69, 9.17) is 0 Å². The van der Waals surface area contributed by atoms with Crippen LogP contribution in [0.25, 0.3) is 0 Å². The zero-order valence-electron chi connectivity index (χ0n) is 22.1. The molecule has 38 heavy (non-hydrogen) atoms. The molecule has 0 aliphatic carbocycles. The average Bonchev–Trinajstić information content (AvgIpc) is 2.85. The highest BCUT2D eigenvalue weighted by Gasteiger charge is 2.41. The van der Waals surface area contributed by atoms with Crippen LogP contribution in [0.4, 0.5) is 13.2 Å². The molecule has 0 spiro atoms. The Morgan fingerprint density at radius 3 is 2.37 bits per heavy atom. The number of rotatable bonds is 6. The summed E-state index contributed by atoms with van der Waals surface area (Å²) in [5.41, 5.74) is 1.45. The van der Waals surface area contributed by atoms with Crippen LogP contribution in [0.5, 0.6) is 5.75 Å². The molecule has 3 heterocycles. The lowest BCUT2D eigenvalue weighted by Crippen LogP contribution is -2.60. The van der Waals surface area contributed by atoms with Crippen molar-refractivity contribution in [3.63, 3.8) is 0 Å². The molecular formula is C28H36BrF3N4O2. The van der Waals surface area contributed by atoms with Crippen LogP contribution in [0, 0.1) is 11.3 Å². The van der Waals surface area contributed by atoms with E-state index in [9.17, 15) is 18.0 Å². The van der Waals surface area contributed by atoms with Gasteiger partial charge in [-0.1, -0.05) is 32.9 Å². The fraction of sp³-hybridized carbons (Fsp3) is 0.571. The third-order valence-corrected chi connectivity index (χ3v) is 7.95. The number of benzene rings is 1. The second-order valence-corrected chi connectivity index (χ2v) is 12.2. The van der Waals surface area contributed by atoms with Crippen LogP contribution in [0.15, 0.2) is 47.1 Å². The number of hydrogen-bond donors (Lipinski definition) is 1. The smallest absolute Gasteiger partial charge is 0.406 e. The zero-order valence-corrected chi connectivity index (χ0v) is 23.7. The minimum atomic E-state index is -4.74. The SMILES string of the molecule is CC(C)(C)C1CN(C(c2ccc(OC(F)(F)F)cc2)c2ccc(Br)cn2)CCN1C(=O)CC1CCNCC1. The summed E-state index contributed by atoms with van der Waals surface area (Å²) in [6, 6.07) is 9.55. The maximum atomic E-state index is 13.5. The number of piperidine rings is 1. The molecule has 2 atom stereocenters. The molecule has 4 rings (SSSR count). The molecule has 6 nitrogen and oxygen atoms in total. The minimum absolute atomic E-state index is 0.0174. The summed E-state index contributed by atoms with van der Waals surface area (Å²) in [7, 11) is 0. The van der Waals surface area contributed by atoms with E-state index in [1.54, 1.807) is 18.3 Å². The largest absolute Gasteiger partial charge is 0.573 e. The minimum Gasteiger partial charge on any atom is -0.406 e. The van der Waals surface area contributed by atoms with Gasteiger partial charge in [-0.05, 0) is 83.0 Å². The van der Waals surface area contributed by atoms with Crippen LogP contribution in [0.1, 0.15) is 57.3 Å². The van der Waals surface area contributed by atoms with Gasteiger partial charge < -0.3 is 15.0 Å². The van der Waals surface area contributed by atoms with E-state index >= 15 is 0 Å². The molecule has 2 aliphatic heterocycles. The number of carbonyl (C=O) groups is 1. The van der Waals surface area contributed by atoms with Crippen molar-refractivity contribution in [1.29, 1.82) is 0 Å². The summed E-state index contributed by atoms with van der Waals surface area (Å²) in [6.07, 6.45) is -0.393. The number of pyridine rings is 1. The number of nitrogens with one attached hydrogen (secondary N) is 1. The van der Waals surface area contributed by atoms with E-state index in [-0.39, 0.29) is 29.2 Å². The first-order valence-corrected chi connectivity index (χ1v) is 13.9. The number of halogens is 4. The standard InChI is InChI=1S/C28H36BrF3N4O2/c1-27(2,3)24-18-35(14-15-36(24)25(37)16-19-10-12-33-13-11-19)26(23-9-6-21(29)17-34-23)20-4-7-22(8-5-20)38-28(30,31)32/h4-9,17,19,24,26,33H,10-16,18H2,1-3H3. The van der Waals surface area contributed by atoms with Gasteiger partial charge in [0.2, 0.25) is 5.91 Å². The van der Waals surface area contributed by atoms with Crippen LogP contribution in [-0.2, 0) is 4.79 Å². The number of aromatic nitrogens is 1. The maximum absolute atomic E-state index is 13.5. The highest BCUT2D eigenvalue weighted by atomic mass is 79.9. The van der Waals surface area contributed by atoms with Gasteiger partial charge in [0.05, 0.1) is 11.7 Å². The Bertz CT molecular complexity index is 1070. The van der Waals surface area contributed by atoms with Crippen LogP contribution in [0.3, 0.4) is 0 Å². The first kappa shape index (κ1) is 28.8. The maximum Gasteiger partial charge on any atom is 0.573 e. The van der Waals surface area contributed by atoms with Gasteiger partial charge in [-0.3, -0.25) is 14.7 Å². The van der Waals surface area contributed by atoms with Crippen molar-refractivity contribution in [2.45, 2.75) is 58.5 Å². The lowest BCUT2D eigenvalue weighted by atomic mass is 9.82. The van der Waals surface area contributed by atoms with E-state index in [0.717, 1.165) is 41.7 Å². The predicted molar refractivity (Wildman–Crippen MR) is 144 cm³/mol. The van der Waals surface area contributed by atoms with Gasteiger partial charge in [-0.25, -0.2) is 0 Å². The topological polar surface area (TPSA) is 57.7 Å². The van der Waals surface area contributed by atoms with Crippen molar-refractivity contribution < 1.29 is 22.7 Å². The summed E-state index contributed by atoms with van der Waals surface area (Å²) in [6.45, 7) is 10.2. The third-order valence-electron chi connectivity index (χ3n) is 7.48. The third kappa shape index (κ3) is 7.48. The molecule has 0 radical (unpaired) electrons. The van der Waals surface area contributed by atoms with E-state index in [2.05, 4.69) is 61.5 Å². The normalized spacial score (nSPS) is 20.8. The fourth-order valence-corrected chi connectivity index (χ4v) is 5.73. The summed E-state index contributed by atoms with van der Waals surface area (Å²) in [5.74, 6) is 0.368. The molecule has 208 valence electrons. The van der Waals surface area contributed by atoms with Crippen molar-refractivity contribution in [2.24, 2.45) is 11.3 Å². The molecule has 2 unspecified atom stereocenters. The zero-order chi connectivity index (χ0) is 27.5. The molecule has 0 bridgehead atoms. The Balaban J connectivity index is 1.59. The molecule has 0 saturated carbocycles. The first-order valence-electron chi connectivity index (χ1n) is 13.1. The average molecular weight is 598 g/mol. The summed E-state index contributed by atoms with van der Waals surface area (Å²) < 4.78 is 43.1. The van der Waals surface area contributed by atoms with Gasteiger partial charge in [0.1, 0.15) is 5.75 Å². The Kier molecular flexibility index (Phi) is 9.04. The van der Waals surface area contributed by atoms with Gasteiger partial charge >= 0.3 is 6.36 Å². The molecule has 2 saturated heterocycles. The van der Waals surface area contributed by atoms with Crippen molar-refractivity contribution in [3.05, 3.63) is 58.3 Å². The van der Waals surface area contributed by atoms with Crippen LogP contribution < -0.4 is 10.1 Å². The monoisotopic (exact) mass is 596 g/mol. The highest BCUT2D eigenvalue weighted by molar-refractivity contribution is 9.10. The summed E-state index contributed by atoms with van der Waals surface area (Å²) >= 11 is 3.44. The number of nitrogens with zero attached hydrogens (tertiary/aromatic N) is 3. The molecule has 1 amide bonds.